The average Bonchev–Trinajstić information content (AvgIpc) is 3.43. The van der Waals surface area contributed by atoms with E-state index in [-0.39, 0.29) is 12.0 Å². The summed E-state index contributed by atoms with van der Waals surface area (Å²) in [6.07, 6.45) is 6.01. The smallest absolute Gasteiger partial charge is 0.226 e. The number of allylic oxidation sites excluding steroid dienone is 2. The first-order valence-electron chi connectivity index (χ1n) is 7.98. The molecule has 3 rings (SSSR count). The number of nitrogens with zero attached hydrogens (tertiary/aromatic N) is 4. The Morgan fingerprint density at radius 3 is 2.50 bits per heavy atom. The van der Waals surface area contributed by atoms with Gasteiger partial charge in [0.1, 0.15) is 11.9 Å². The number of hydrogen-bond donors (Lipinski definition) is 0. The third kappa shape index (κ3) is 2.78. The summed E-state index contributed by atoms with van der Waals surface area (Å²) in [4.78, 5) is 20.7. The van der Waals surface area contributed by atoms with Crippen molar-refractivity contribution in [1.82, 2.24) is 9.80 Å². The highest BCUT2D eigenvalue weighted by molar-refractivity contribution is 5.81. The summed E-state index contributed by atoms with van der Waals surface area (Å²) in [7, 11) is 0. The maximum atomic E-state index is 12.5. The molecule has 116 valence electrons. The number of carbonyl (C=O) groups is 1. The predicted octanol–water partition coefficient (Wildman–Crippen LogP) is 1.94. The van der Waals surface area contributed by atoms with E-state index in [1.165, 1.54) is 18.9 Å². The Labute approximate surface area is 131 Å². The van der Waals surface area contributed by atoms with E-state index >= 15 is 0 Å². The number of aliphatic imine (C=N–C) groups is 1. The van der Waals surface area contributed by atoms with E-state index in [0.29, 0.717) is 36.3 Å². The van der Waals surface area contributed by atoms with Crippen molar-refractivity contribution in [2.75, 3.05) is 19.6 Å². The zero-order valence-corrected chi connectivity index (χ0v) is 12.9. The molecule has 5 nitrogen and oxygen atoms in total. The first kappa shape index (κ1) is 14.8. The lowest BCUT2D eigenvalue weighted by molar-refractivity contribution is -0.137. The van der Waals surface area contributed by atoms with E-state index in [1.807, 2.05) is 0 Å². The Kier molecular flexibility index (Phi) is 4.02. The molecule has 2 aliphatic carbocycles. The van der Waals surface area contributed by atoms with Crippen molar-refractivity contribution >= 4 is 12.6 Å². The average molecular weight is 298 g/mol. The van der Waals surface area contributed by atoms with Crippen LogP contribution >= 0.6 is 0 Å². The Balaban J connectivity index is 1.79. The quantitative estimate of drug-likeness (QED) is 0.443. The molecule has 0 radical (unpaired) electrons. The van der Waals surface area contributed by atoms with Gasteiger partial charge < -0.3 is 9.80 Å². The Morgan fingerprint density at radius 1 is 1.27 bits per heavy atom. The summed E-state index contributed by atoms with van der Waals surface area (Å²) in [5, 5.41) is 9.21. The van der Waals surface area contributed by atoms with E-state index in [1.54, 1.807) is 0 Å². The molecule has 1 amide bonds. The zero-order chi connectivity index (χ0) is 15.7. The number of rotatable bonds is 5. The van der Waals surface area contributed by atoms with Crippen LogP contribution in [0.25, 0.3) is 0 Å². The molecule has 1 atom stereocenters. The summed E-state index contributed by atoms with van der Waals surface area (Å²) in [6, 6.07) is 2.38. The van der Waals surface area contributed by atoms with Crippen molar-refractivity contribution in [3.05, 3.63) is 24.0 Å². The normalized spacial score (nSPS) is 26.0. The summed E-state index contributed by atoms with van der Waals surface area (Å²) in [6.45, 7) is 9.44. The van der Waals surface area contributed by atoms with Crippen LogP contribution in [-0.2, 0) is 4.79 Å². The summed E-state index contributed by atoms with van der Waals surface area (Å²) < 4.78 is 0. The van der Waals surface area contributed by atoms with Gasteiger partial charge in [0.05, 0.1) is 11.6 Å². The summed E-state index contributed by atoms with van der Waals surface area (Å²) >= 11 is 0. The van der Waals surface area contributed by atoms with Crippen molar-refractivity contribution in [3.63, 3.8) is 0 Å². The monoisotopic (exact) mass is 298 g/mol. The number of nitriles is 1. The van der Waals surface area contributed by atoms with Crippen molar-refractivity contribution in [2.24, 2.45) is 16.8 Å². The zero-order valence-electron chi connectivity index (χ0n) is 12.9. The Bertz CT molecular complexity index is 566. The lowest BCUT2D eigenvalue weighted by Crippen LogP contribution is -2.56. The second-order valence-corrected chi connectivity index (χ2v) is 6.37. The lowest BCUT2D eigenvalue weighted by Gasteiger charge is -2.43. The van der Waals surface area contributed by atoms with Crippen molar-refractivity contribution in [1.29, 1.82) is 5.26 Å². The molecule has 0 aromatic heterocycles. The highest BCUT2D eigenvalue weighted by Crippen LogP contribution is 2.40. The van der Waals surface area contributed by atoms with E-state index in [2.05, 4.69) is 34.2 Å². The van der Waals surface area contributed by atoms with Gasteiger partial charge in [-0.3, -0.25) is 4.79 Å². The van der Waals surface area contributed by atoms with Gasteiger partial charge in [0, 0.05) is 25.6 Å². The molecule has 1 saturated heterocycles. The summed E-state index contributed by atoms with van der Waals surface area (Å²) in [5.41, 5.74) is 0.450. The molecule has 1 heterocycles. The minimum Gasteiger partial charge on any atom is -0.352 e. The largest absolute Gasteiger partial charge is 0.352 e. The molecule has 1 aliphatic heterocycles. The Morgan fingerprint density at radius 2 is 2.00 bits per heavy atom. The van der Waals surface area contributed by atoms with Gasteiger partial charge in [0.25, 0.3) is 0 Å². The molecule has 0 aromatic rings. The molecule has 3 fully saturated rings. The second kappa shape index (κ2) is 5.96. The van der Waals surface area contributed by atoms with Crippen LogP contribution in [0.15, 0.2) is 29.0 Å². The number of piperazine rings is 1. The number of carbonyl (C=O) groups excluding carboxylic acids is 1. The third-order valence-electron chi connectivity index (χ3n) is 4.81. The van der Waals surface area contributed by atoms with Crippen LogP contribution < -0.4 is 0 Å². The van der Waals surface area contributed by atoms with E-state index in [4.69, 9.17) is 0 Å². The van der Waals surface area contributed by atoms with E-state index in [0.717, 1.165) is 19.4 Å². The fourth-order valence-corrected chi connectivity index (χ4v) is 3.27. The molecule has 2 saturated carbocycles. The maximum Gasteiger partial charge on any atom is 0.226 e. The van der Waals surface area contributed by atoms with Gasteiger partial charge in [-0.25, -0.2) is 4.99 Å². The van der Waals surface area contributed by atoms with Crippen molar-refractivity contribution < 1.29 is 4.79 Å². The van der Waals surface area contributed by atoms with Crippen molar-refractivity contribution in [3.8, 4) is 6.07 Å². The van der Waals surface area contributed by atoms with Gasteiger partial charge >= 0.3 is 0 Å². The molecular formula is C17H22N4O. The first-order chi connectivity index (χ1) is 10.7. The van der Waals surface area contributed by atoms with Gasteiger partial charge in [0.15, 0.2) is 0 Å². The molecule has 0 spiro atoms. The first-order valence-corrected chi connectivity index (χ1v) is 7.98. The summed E-state index contributed by atoms with van der Waals surface area (Å²) in [5.74, 6) is 1.80. The van der Waals surface area contributed by atoms with Crippen LogP contribution in [0, 0.1) is 23.2 Å². The van der Waals surface area contributed by atoms with Gasteiger partial charge in [0.2, 0.25) is 5.91 Å². The fourth-order valence-electron chi connectivity index (χ4n) is 3.27. The minimum atomic E-state index is 0.253. The van der Waals surface area contributed by atoms with Crippen molar-refractivity contribution in [2.45, 2.75) is 31.7 Å². The topological polar surface area (TPSA) is 59.7 Å². The van der Waals surface area contributed by atoms with Crippen LogP contribution in [-0.4, -0.2) is 48.1 Å². The molecule has 22 heavy (non-hydrogen) atoms. The van der Waals surface area contributed by atoms with Crippen LogP contribution in [0.3, 0.4) is 0 Å². The minimum absolute atomic E-state index is 0.253. The number of amides is 1. The van der Waals surface area contributed by atoms with Gasteiger partial charge in [-0.1, -0.05) is 6.58 Å². The lowest BCUT2D eigenvalue weighted by atomic mass is 10.1. The highest BCUT2D eigenvalue weighted by atomic mass is 16.2. The molecule has 0 bridgehead atoms. The molecule has 3 aliphatic rings. The highest BCUT2D eigenvalue weighted by Gasteiger charge is 2.44. The molecule has 5 heteroatoms. The maximum absolute atomic E-state index is 12.5. The fraction of sp³-hybridized carbons (Fsp3) is 0.588. The third-order valence-corrected chi connectivity index (χ3v) is 4.81. The van der Waals surface area contributed by atoms with Crippen LogP contribution in [0.5, 0.6) is 0 Å². The second-order valence-electron chi connectivity index (χ2n) is 6.37. The van der Waals surface area contributed by atoms with Crippen LogP contribution in [0.2, 0.25) is 0 Å². The van der Waals surface area contributed by atoms with E-state index < -0.39 is 0 Å². The van der Waals surface area contributed by atoms with E-state index in [9.17, 15) is 10.1 Å². The standard InChI is InChI=1S/C17H22N4O/c1-3-12(10-18)16(19-2)20-8-9-21(17(22)14-6-7-14)15(11-20)13-4-5-13/h3,13-15H,1-2,4-9,11H2/b16-12-/t15-/m0/s1. The van der Waals surface area contributed by atoms with Gasteiger partial charge in [-0.05, 0) is 44.4 Å². The van der Waals surface area contributed by atoms with Crippen LogP contribution in [0.1, 0.15) is 25.7 Å². The molecule has 0 aromatic carbocycles. The SMILES string of the molecule is C=C/C(C#N)=C(\N=C)N1CCN(C(=O)C2CC2)[C@H](C2CC2)C1. The van der Waals surface area contributed by atoms with Crippen LogP contribution in [0.4, 0.5) is 0 Å². The molecule has 0 N–H and O–H groups in total. The predicted molar refractivity (Wildman–Crippen MR) is 84.9 cm³/mol. The van der Waals surface area contributed by atoms with Gasteiger partial charge in [-0.2, -0.15) is 5.26 Å². The molecular weight excluding hydrogens is 276 g/mol. The Hall–Kier alpha value is -2.09. The number of hydrogen-bond acceptors (Lipinski definition) is 4. The molecule has 0 unspecified atom stereocenters. The van der Waals surface area contributed by atoms with Gasteiger partial charge in [-0.15, -0.1) is 0 Å².